The highest BCUT2D eigenvalue weighted by Crippen LogP contribution is 2.35. The Kier molecular flexibility index (Phi) is 7.20. The second kappa shape index (κ2) is 10.3. The summed E-state index contributed by atoms with van der Waals surface area (Å²) in [6.45, 7) is 1.80. The molecule has 2 N–H and O–H groups in total. The summed E-state index contributed by atoms with van der Waals surface area (Å²) in [6, 6.07) is 18.4. The molecule has 9 nitrogen and oxygen atoms in total. The van der Waals surface area contributed by atoms with Crippen molar-refractivity contribution in [3.8, 4) is 17.2 Å². The first-order valence-electron chi connectivity index (χ1n) is 10.1. The van der Waals surface area contributed by atoms with E-state index in [0.29, 0.717) is 33.4 Å². The lowest BCUT2D eigenvalue weighted by molar-refractivity contribution is 0.102. The van der Waals surface area contributed by atoms with Crippen LogP contribution in [0.5, 0.6) is 17.2 Å². The van der Waals surface area contributed by atoms with Crippen LogP contribution in [-0.4, -0.2) is 31.6 Å². The number of ether oxygens (including phenoxy) is 2. The first-order chi connectivity index (χ1) is 16.7. The van der Waals surface area contributed by atoms with Gasteiger partial charge in [0.15, 0.2) is 5.75 Å². The van der Waals surface area contributed by atoms with Crippen molar-refractivity contribution in [1.29, 1.82) is 0 Å². The molecule has 0 saturated carbocycles. The topological polar surface area (TPSA) is 120 Å². The van der Waals surface area contributed by atoms with Crippen molar-refractivity contribution >= 4 is 49.7 Å². The van der Waals surface area contributed by atoms with Crippen molar-refractivity contribution in [2.24, 2.45) is 0 Å². The zero-order chi connectivity index (χ0) is 25.0. The van der Waals surface area contributed by atoms with Crippen LogP contribution < -0.4 is 19.5 Å². The van der Waals surface area contributed by atoms with E-state index in [1.54, 1.807) is 55.5 Å². The highest BCUT2D eigenvalue weighted by Gasteiger charge is 2.23. The van der Waals surface area contributed by atoms with Crippen molar-refractivity contribution in [2.75, 3.05) is 17.1 Å². The summed E-state index contributed by atoms with van der Waals surface area (Å²) < 4.78 is 39.1. The lowest BCUT2D eigenvalue weighted by atomic mass is 10.1. The molecule has 0 bridgehead atoms. The second-order valence-electron chi connectivity index (χ2n) is 7.17. The molecule has 12 heteroatoms. The smallest absolute Gasteiger partial charge is 0.291 e. The number of nitrogens with one attached hydrogen (secondary N) is 2. The zero-order valence-electron chi connectivity index (χ0n) is 18.5. The van der Waals surface area contributed by atoms with Gasteiger partial charge in [-0.25, -0.2) is 0 Å². The standard InChI is InChI=1S/C23H19ClN4O5S2/c1-14-6-3-4-9-18(14)21(29)25-22-26-27-23(34-22)35(30,31)28-19-12-15(24)10-11-20(19)33-17-8-5-7-16(13-17)32-2/h3-13,28H,1-2H3,(H,25,26,29). The van der Waals surface area contributed by atoms with E-state index >= 15 is 0 Å². The maximum Gasteiger partial charge on any atom is 0.291 e. The number of nitrogens with zero attached hydrogens (tertiary/aromatic N) is 2. The summed E-state index contributed by atoms with van der Waals surface area (Å²) >= 11 is 6.80. The molecule has 0 fully saturated rings. The number of sulfonamides is 1. The average Bonchev–Trinajstić information content (AvgIpc) is 3.30. The molecule has 0 saturated heterocycles. The lowest BCUT2D eigenvalue weighted by Crippen LogP contribution is -2.13. The number of carbonyl (C=O) groups is 1. The summed E-state index contributed by atoms with van der Waals surface area (Å²) in [6.07, 6.45) is 0. The SMILES string of the molecule is COc1cccc(Oc2ccc(Cl)cc2NS(=O)(=O)c2nnc(NC(=O)c3ccccc3C)s2)c1. The molecule has 0 unspecified atom stereocenters. The van der Waals surface area contributed by atoms with E-state index in [1.807, 2.05) is 6.07 Å². The van der Waals surface area contributed by atoms with Crippen LogP contribution in [0.1, 0.15) is 15.9 Å². The Balaban J connectivity index is 1.55. The van der Waals surface area contributed by atoms with Crippen LogP contribution in [0.4, 0.5) is 10.8 Å². The summed E-state index contributed by atoms with van der Waals surface area (Å²) in [5.41, 5.74) is 1.32. The highest BCUT2D eigenvalue weighted by molar-refractivity contribution is 7.94. The number of aromatic nitrogens is 2. The predicted molar refractivity (Wildman–Crippen MR) is 134 cm³/mol. The van der Waals surface area contributed by atoms with Gasteiger partial charge in [0.25, 0.3) is 20.3 Å². The van der Waals surface area contributed by atoms with Crippen molar-refractivity contribution < 1.29 is 22.7 Å². The molecular weight excluding hydrogens is 512 g/mol. The third kappa shape index (κ3) is 5.88. The summed E-state index contributed by atoms with van der Waals surface area (Å²) in [7, 11) is -2.64. The average molecular weight is 531 g/mol. The van der Waals surface area contributed by atoms with Crippen molar-refractivity contribution in [3.63, 3.8) is 0 Å². The van der Waals surface area contributed by atoms with Crippen LogP contribution in [-0.2, 0) is 10.0 Å². The Labute approximate surface area is 210 Å². The number of carbonyl (C=O) groups excluding carboxylic acids is 1. The van der Waals surface area contributed by atoms with Gasteiger partial charge in [-0.3, -0.25) is 14.8 Å². The van der Waals surface area contributed by atoms with Gasteiger partial charge in [-0.1, -0.05) is 47.2 Å². The maximum absolute atomic E-state index is 13.0. The molecule has 180 valence electrons. The Morgan fingerprint density at radius 3 is 2.54 bits per heavy atom. The van der Waals surface area contributed by atoms with E-state index in [4.69, 9.17) is 21.1 Å². The zero-order valence-corrected chi connectivity index (χ0v) is 20.9. The maximum atomic E-state index is 13.0. The second-order valence-corrected chi connectivity index (χ2v) is 10.4. The van der Waals surface area contributed by atoms with E-state index in [0.717, 1.165) is 5.56 Å². The molecule has 35 heavy (non-hydrogen) atoms. The fourth-order valence-electron chi connectivity index (χ4n) is 3.01. The minimum Gasteiger partial charge on any atom is -0.497 e. The van der Waals surface area contributed by atoms with Gasteiger partial charge in [0.05, 0.1) is 12.8 Å². The molecule has 4 aromatic rings. The number of halogens is 1. The molecule has 0 aliphatic rings. The van der Waals surface area contributed by atoms with Crippen LogP contribution in [0, 0.1) is 6.92 Å². The van der Waals surface area contributed by atoms with Gasteiger partial charge in [-0.2, -0.15) is 8.42 Å². The number of rotatable bonds is 8. The number of aryl methyl sites for hydroxylation is 1. The Hall–Kier alpha value is -3.67. The predicted octanol–water partition coefficient (Wildman–Crippen LogP) is 5.35. The first kappa shape index (κ1) is 24.5. The van der Waals surface area contributed by atoms with Gasteiger partial charge in [-0.15, -0.1) is 10.2 Å². The monoisotopic (exact) mass is 530 g/mol. The molecule has 0 aliphatic heterocycles. The molecule has 4 rings (SSSR count). The molecule has 1 aromatic heterocycles. The van der Waals surface area contributed by atoms with Crippen molar-refractivity contribution in [1.82, 2.24) is 10.2 Å². The van der Waals surface area contributed by atoms with Crippen LogP contribution >= 0.6 is 22.9 Å². The Morgan fingerprint density at radius 2 is 1.77 bits per heavy atom. The third-order valence-electron chi connectivity index (χ3n) is 4.70. The lowest BCUT2D eigenvalue weighted by Gasteiger charge is -2.13. The Bertz CT molecular complexity index is 1490. The molecule has 0 radical (unpaired) electrons. The fourth-order valence-corrected chi connectivity index (χ4v) is 5.14. The molecule has 0 spiro atoms. The van der Waals surface area contributed by atoms with Crippen molar-refractivity contribution in [3.05, 3.63) is 82.9 Å². The first-order valence-corrected chi connectivity index (χ1v) is 12.8. The Morgan fingerprint density at radius 1 is 1.00 bits per heavy atom. The fraction of sp³-hybridized carbons (Fsp3) is 0.0870. The van der Waals surface area contributed by atoms with E-state index in [9.17, 15) is 13.2 Å². The minimum absolute atomic E-state index is 0.0394. The summed E-state index contributed by atoms with van der Waals surface area (Å²) in [5.74, 6) is 0.806. The number of amides is 1. The van der Waals surface area contributed by atoms with Crippen molar-refractivity contribution in [2.45, 2.75) is 11.3 Å². The van der Waals surface area contributed by atoms with Gasteiger partial charge in [0.1, 0.15) is 11.5 Å². The van der Waals surface area contributed by atoms with Gasteiger partial charge in [0, 0.05) is 16.7 Å². The molecule has 0 atom stereocenters. The molecule has 3 aromatic carbocycles. The van der Waals surface area contributed by atoms with Crippen LogP contribution in [0.25, 0.3) is 0 Å². The quantitative estimate of drug-likeness (QED) is 0.294. The molecule has 1 heterocycles. The highest BCUT2D eigenvalue weighted by atomic mass is 35.5. The van der Waals surface area contributed by atoms with Crippen LogP contribution in [0.2, 0.25) is 5.02 Å². The largest absolute Gasteiger partial charge is 0.497 e. The number of hydrogen-bond donors (Lipinski definition) is 2. The van der Waals surface area contributed by atoms with E-state index < -0.39 is 15.9 Å². The van der Waals surface area contributed by atoms with E-state index in [2.05, 4.69) is 20.2 Å². The van der Waals surface area contributed by atoms with Crippen LogP contribution in [0.3, 0.4) is 0 Å². The van der Waals surface area contributed by atoms with Gasteiger partial charge in [0.2, 0.25) is 5.13 Å². The van der Waals surface area contributed by atoms with Gasteiger partial charge < -0.3 is 9.47 Å². The summed E-state index contributed by atoms with van der Waals surface area (Å²) in [5, 5.41) is 10.4. The number of benzene rings is 3. The molecular formula is C23H19ClN4O5S2. The number of anilines is 2. The van der Waals surface area contributed by atoms with E-state index in [-0.39, 0.29) is 20.9 Å². The van der Waals surface area contributed by atoms with Crippen LogP contribution in [0.15, 0.2) is 71.1 Å². The molecule has 0 aliphatic carbocycles. The molecule has 1 amide bonds. The normalized spacial score (nSPS) is 11.1. The number of hydrogen-bond acceptors (Lipinski definition) is 8. The van der Waals surface area contributed by atoms with E-state index in [1.165, 1.54) is 19.2 Å². The third-order valence-corrected chi connectivity index (χ3v) is 7.51. The minimum atomic E-state index is -4.17. The summed E-state index contributed by atoms with van der Waals surface area (Å²) in [4.78, 5) is 12.5. The van der Waals surface area contributed by atoms with Gasteiger partial charge >= 0.3 is 0 Å². The van der Waals surface area contributed by atoms with Gasteiger partial charge in [-0.05, 0) is 48.9 Å². The number of methoxy groups -OCH3 is 1.